The molecule has 1 rings (SSSR count). The molecule has 3 heteroatoms. The van der Waals surface area contributed by atoms with E-state index in [1.54, 1.807) is 11.0 Å². The predicted octanol–water partition coefficient (Wildman–Crippen LogP) is 2.11. The minimum Gasteiger partial charge on any atom is -0.339 e. The number of halogens is 1. The Hall–Kier alpha value is -1.38. The van der Waals surface area contributed by atoms with Crippen molar-refractivity contribution in [1.82, 2.24) is 4.90 Å². The molecule has 75 valence electrons. The van der Waals surface area contributed by atoms with Crippen molar-refractivity contribution < 1.29 is 9.18 Å². The second-order valence-corrected chi connectivity index (χ2v) is 2.88. The summed E-state index contributed by atoms with van der Waals surface area (Å²) in [4.78, 5) is 13.3. The average molecular weight is 194 g/mol. The number of hydrogen-bond acceptors (Lipinski definition) is 1. The van der Waals surface area contributed by atoms with Gasteiger partial charge in [0.05, 0.1) is 5.56 Å². The van der Waals surface area contributed by atoms with E-state index in [4.69, 9.17) is 0 Å². The van der Waals surface area contributed by atoms with Gasteiger partial charge >= 0.3 is 0 Å². The number of benzene rings is 1. The Morgan fingerprint density at radius 2 is 2.14 bits per heavy atom. The SMILES string of the molecule is CCN(CC)C(=O)c1ccc[c]c1F. The van der Waals surface area contributed by atoms with Crippen LogP contribution in [0, 0.1) is 11.9 Å². The van der Waals surface area contributed by atoms with Crippen LogP contribution in [0.2, 0.25) is 0 Å². The van der Waals surface area contributed by atoms with Crippen molar-refractivity contribution in [3.8, 4) is 0 Å². The van der Waals surface area contributed by atoms with Crippen molar-refractivity contribution in [3.05, 3.63) is 35.6 Å². The van der Waals surface area contributed by atoms with Gasteiger partial charge in [-0.05, 0) is 19.9 Å². The van der Waals surface area contributed by atoms with Crippen LogP contribution in [0.3, 0.4) is 0 Å². The number of amides is 1. The van der Waals surface area contributed by atoms with Gasteiger partial charge in [-0.1, -0.05) is 12.1 Å². The molecule has 0 heterocycles. The number of rotatable bonds is 3. The van der Waals surface area contributed by atoms with E-state index in [1.165, 1.54) is 12.1 Å². The molecule has 0 saturated heterocycles. The van der Waals surface area contributed by atoms with E-state index in [2.05, 4.69) is 6.07 Å². The van der Waals surface area contributed by atoms with E-state index in [-0.39, 0.29) is 11.5 Å². The molecular weight excluding hydrogens is 181 g/mol. The summed E-state index contributed by atoms with van der Waals surface area (Å²) in [7, 11) is 0. The van der Waals surface area contributed by atoms with E-state index in [0.717, 1.165) is 0 Å². The van der Waals surface area contributed by atoms with Gasteiger partial charge in [0.25, 0.3) is 5.91 Å². The number of hydrogen-bond donors (Lipinski definition) is 0. The van der Waals surface area contributed by atoms with E-state index < -0.39 is 5.82 Å². The zero-order valence-corrected chi connectivity index (χ0v) is 8.38. The van der Waals surface area contributed by atoms with Crippen molar-refractivity contribution in [2.24, 2.45) is 0 Å². The lowest BCUT2D eigenvalue weighted by Gasteiger charge is -2.18. The molecule has 0 fully saturated rings. The molecule has 0 unspecified atom stereocenters. The minimum absolute atomic E-state index is 0.0937. The molecule has 0 aromatic heterocycles. The molecule has 1 radical (unpaired) electrons. The molecule has 0 saturated carbocycles. The third-order valence-electron chi connectivity index (χ3n) is 2.09. The zero-order valence-electron chi connectivity index (χ0n) is 8.38. The summed E-state index contributed by atoms with van der Waals surface area (Å²) in [6.07, 6.45) is 0. The third kappa shape index (κ3) is 2.10. The van der Waals surface area contributed by atoms with Crippen LogP contribution in [0.5, 0.6) is 0 Å². The van der Waals surface area contributed by atoms with Crippen LogP contribution < -0.4 is 0 Å². The Labute approximate surface area is 83.3 Å². The van der Waals surface area contributed by atoms with Crippen LogP contribution in [-0.2, 0) is 0 Å². The summed E-state index contributed by atoms with van der Waals surface area (Å²) in [5.74, 6) is -0.853. The third-order valence-corrected chi connectivity index (χ3v) is 2.09. The van der Waals surface area contributed by atoms with Gasteiger partial charge in [-0.25, -0.2) is 4.39 Å². The van der Waals surface area contributed by atoms with Crippen LogP contribution in [0.15, 0.2) is 18.2 Å². The molecule has 0 atom stereocenters. The van der Waals surface area contributed by atoms with Gasteiger partial charge < -0.3 is 4.90 Å². The molecule has 0 N–H and O–H groups in total. The van der Waals surface area contributed by atoms with Crippen LogP contribution >= 0.6 is 0 Å². The van der Waals surface area contributed by atoms with Crippen molar-refractivity contribution >= 4 is 5.91 Å². The summed E-state index contributed by atoms with van der Waals surface area (Å²) in [5.41, 5.74) is 0.0937. The van der Waals surface area contributed by atoms with Crippen molar-refractivity contribution in [2.45, 2.75) is 13.8 Å². The quantitative estimate of drug-likeness (QED) is 0.721. The normalized spacial score (nSPS) is 9.93. The Morgan fingerprint density at radius 1 is 1.50 bits per heavy atom. The fraction of sp³-hybridized carbons (Fsp3) is 0.364. The van der Waals surface area contributed by atoms with Gasteiger partial charge in [0.15, 0.2) is 0 Å². The molecule has 2 nitrogen and oxygen atoms in total. The smallest absolute Gasteiger partial charge is 0.256 e. The number of carbonyl (C=O) groups excluding carboxylic acids is 1. The Balaban J connectivity index is 2.94. The van der Waals surface area contributed by atoms with E-state index in [1.807, 2.05) is 13.8 Å². The van der Waals surface area contributed by atoms with Crippen molar-refractivity contribution in [1.29, 1.82) is 0 Å². The fourth-order valence-corrected chi connectivity index (χ4v) is 1.26. The Kier molecular flexibility index (Phi) is 3.63. The highest BCUT2D eigenvalue weighted by Gasteiger charge is 2.15. The molecule has 0 aliphatic rings. The minimum atomic E-state index is -0.579. The summed E-state index contributed by atoms with van der Waals surface area (Å²) in [5, 5.41) is 0. The highest BCUT2D eigenvalue weighted by molar-refractivity contribution is 5.94. The summed E-state index contributed by atoms with van der Waals surface area (Å²) in [6.45, 7) is 4.91. The zero-order chi connectivity index (χ0) is 10.6. The van der Waals surface area contributed by atoms with Gasteiger partial charge in [-0.3, -0.25) is 4.79 Å². The van der Waals surface area contributed by atoms with E-state index >= 15 is 0 Å². The van der Waals surface area contributed by atoms with Crippen LogP contribution in [-0.4, -0.2) is 23.9 Å². The molecule has 1 amide bonds. The first kappa shape index (κ1) is 10.7. The molecule has 1 aromatic rings. The summed E-state index contributed by atoms with van der Waals surface area (Å²) in [6, 6.07) is 6.91. The highest BCUT2D eigenvalue weighted by atomic mass is 19.1. The number of nitrogens with zero attached hydrogens (tertiary/aromatic N) is 1. The predicted molar refractivity (Wildman–Crippen MR) is 52.5 cm³/mol. The average Bonchev–Trinajstić information content (AvgIpc) is 2.20. The van der Waals surface area contributed by atoms with Crippen LogP contribution in [0.4, 0.5) is 4.39 Å². The van der Waals surface area contributed by atoms with Crippen molar-refractivity contribution in [2.75, 3.05) is 13.1 Å². The second kappa shape index (κ2) is 4.74. The van der Waals surface area contributed by atoms with Gasteiger partial charge in [-0.2, -0.15) is 0 Å². The van der Waals surface area contributed by atoms with Crippen LogP contribution in [0.25, 0.3) is 0 Å². The number of carbonyl (C=O) groups is 1. The Morgan fingerprint density at radius 3 is 2.64 bits per heavy atom. The lowest BCUT2D eigenvalue weighted by atomic mass is 10.2. The molecule has 0 aliphatic heterocycles. The molecule has 14 heavy (non-hydrogen) atoms. The monoisotopic (exact) mass is 194 g/mol. The molecule has 0 spiro atoms. The highest BCUT2D eigenvalue weighted by Crippen LogP contribution is 2.08. The first-order valence-corrected chi connectivity index (χ1v) is 4.66. The van der Waals surface area contributed by atoms with E-state index in [9.17, 15) is 9.18 Å². The molecular formula is C11H13FNO. The maximum Gasteiger partial charge on any atom is 0.256 e. The molecule has 0 bridgehead atoms. The van der Waals surface area contributed by atoms with Gasteiger partial charge in [0, 0.05) is 19.2 Å². The fourth-order valence-electron chi connectivity index (χ4n) is 1.26. The topological polar surface area (TPSA) is 20.3 Å². The second-order valence-electron chi connectivity index (χ2n) is 2.88. The largest absolute Gasteiger partial charge is 0.339 e. The van der Waals surface area contributed by atoms with Gasteiger partial charge in [0.2, 0.25) is 0 Å². The lowest BCUT2D eigenvalue weighted by Crippen LogP contribution is -2.31. The molecule has 0 aliphatic carbocycles. The summed E-state index contributed by atoms with van der Waals surface area (Å²) >= 11 is 0. The van der Waals surface area contributed by atoms with Crippen molar-refractivity contribution in [3.63, 3.8) is 0 Å². The Bertz CT molecular complexity index is 321. The van der Waals surface area contributed by atoms with Gasteiger partial charge in [-0.15, -0.1) is 0 Å². The standard InChI is InChI=1S/C11H13FNO/c1-3-13(4-2)11(14)9-7-5-6-8-10(9)12/h5-7H,3-4H2,1-2H3. The van der Waals surface area contributed by atoms with Gasteiger partial charge in [0.1, 0.15) is 5.82 Å². The summed E-state index contributed by atoms with van der Waals surface area (Å²) < 4.78 is 13.2. The lowest BCUT2D eigenvalue weighted by molar-refractivity contribution is 0.0768. The maximum atomic E-state index is 13.2. The van der Waals surface area contributed by atoms with Crippen LogP contribution in [0.1, 0.15) is 24.2 Å². The maximum absolute atomic E-state index is 13.2. The first-order valence-electron chi connectivity index (χ1n) is 4.66. The first-order chi connectivity index (χ1) is 6.70. The van der Waals surface area contributed by atoms with E-state index in [0.29, 0.717) is 13.1 Å². The molecule has 1 aromatic carbocycles.